The molecule has 0 saturated carbocycles. The first-order chi connectivity index (χ1) is 6.93. The van der Waals surface area contributed by atoms with E-state index in [1.807, 2.05) is 13.8 Å². The van der Waals surface area contributed by atoms with Gasteiger partial charge in [0, 0.05) is 11.5 Å². The number of ether oxygens (including phenoxy) is 1. The van der Waals surface area contributed by atoms with Crippen LogP contribution in [0.3, 0.4) is 0 Å². The maximum absolute atomic E-state index is 10.4. The summed E-state index contributed by atoms with van der Waals surface area (Å²) in [5.74, 6) is -0.280. The number of hydrogen-bond donors (Lipinski definition) is 3. The molecular formula is C9H19NO4S. The molecule has 0 aromatic rings. The molecule has 0 heterocycles. The van der Waals surface area contributed by atoms with Gasteiger partial charge in [-0.1, -0.05) is 0 Å². The van der Waals surface area contributed by atoms with Gasteiger partial charge in [-0.3, -0.25) is 4.79 Å². The normalized spacial score (nSPS) is 15.3. The number of aliphatic hydroxyl groups excluding tert-OH is 1. The number of thioether (sulfide) groups is 1. The Labute approximate surface area is 94.0 Å². The van der Waals surface area contributed by atoms with Crippen molar-refractivity contribution in [2.24, 2.45) is 5.73 Å². The van der Waals surface area contributed by atoms with Crippen LogP contribution in [0, 0.1) is 0 Å². The molecule has 0 rings (SSSR count). The number of aliphatic hydroxyl groups is 1. The Morgan fingerprint density at radius 3 is 2.53 bits per heavy atom. The third-order valence-corrected chi connectivity index (χ3v) is 2.76. The first kappa shape index (κ1) is 14.7. The van der Waals surface area contributed by atoms with Gasteiger partial charge in [-0.2, -0.15) is 11.8 Å². The zero-order valence-electron chi connectivity index (χ0n) is 9.05. The minimum Gasteiger partial charge on any atom is -0.480 e. The minimum absolute atomic E-state index is 0.0888. The van der Waals surface area contributed by atoms with E-state index in [1.165, 1.54) is 11.8 Å². The summed E-state index contributed by atoms with van der Waals surface area (Å²) < 4.78 is 5.20. The monoisotopic (exact) mass is 237 g/mol. The number of nitrogens with two attached hydrogens (primary N) is 1. The molecule has 0 aromatic carbocycles. The molecule has 5 nitrogen and oxygen atoms in total. The summed E-state index contributed by atoms with van der Waals surface area (Å²) in [4.78, 5) is 10.4. The molecule has 0 spiro atoms. The summed E-state index contributed by atoms with van der Waals surface area (Å²) in [6.07, 6.45) is -0.482. The Morgan fingerprint density at radius 2 is 2.07 bits per heavy atom. The van der Waals surface area contributed by atoms with Crippen LogP contribution in [0.25, 0.3) is 0 Å². The molecule has 0 aliphatic rings. The van der Waals surface area contributed by atoms with Crippen LogP contribution in [0.5, 0.6) is 0 Å². The second kappa shape index (κ2) is 7.92. The number of carboxylic acids is 1. The first-order valence-electron chi connectivity index (χ1n) is 4.79. The lowest BCUT2D eigenvalue weighted by atomic mass is 10.4. The van der Waals surface area contributed by atoms with Gasteiger partial charge in [-0.15, -0.1) is 0 Å². The largest absolute Gasteiger partial charge is 0.480 e. The van der Waals surface area contributed by atoms with Crippen molar-refractivity contribution in [2.75, 3.05) is 18.1 Å². The highest BCUT2D eigenvalue weighted by atomic mass is 32.2. The number of hydrogen-bond acceptors (Lipinski definition) is 5. The molecule has 0 amide bonds. The highest BCUT2D eigenvalue weighted by Crippen LogP contribution is 2.05. The zero-order chi connectivity index (χ0) is 11.8. The highest BCUT2D eigenvalue weighted by Gasteiger charge is 2.12. The van der Waals surface area contributed by atoms with Crippen LogP contribution in [0.15, 0.2) is 0 Å². The summed E-state index contributed by atoms with van der Waals surface area (Å²) in [5, 5.41) is 17.9. The molecule has 2 atom stereocenters. The molecule has 1 unspecified atom stereocenters. The molecule has 0 saturated heterocycles. The first-order valence-corrected chi connectivity index (χ1v) is 5.94. The summed E-state index contributed by atoms with van der Waals surface area (Å²) >= 11 is 1.31. The highest BCUT2D eigenvalue weighted by molar-refractivity contribution is 7.99. The van der Waals surface area contributed by atoms with Gasteiger partial charge < -0.3 is 20.7 Å². The fourth-order valence-corrected chi connectivity index (χ4v) is 1.65. The Hall–Kier alpha value is -0.300. The summed E-state index contributed by atoms with van der Waals surface area (Å²) in [6, 6.07) is -0.867. The summed E-state index contributed by atoms with van der Waals surface area (Å²) in [7, 11) is 0. The van der Waals surface area contributed by atoms with Gasteiger partial charge in [0.25, 0.3) is 0 Å². The second-order valence-corrected chi connectivity index (χ2v) is 4.59. The van der Waals surface area contributed by atoms with Gasteiger partial charge in [0.2, 0.25) is 0 Å². The lowest BCUT2D eigenvalue weighted by Gasteiger charge is -2.13. The smallest absolute Gasteiger partial charge is 0.321 e. The predicted molar refractivity (Wildman–Crippen MR) is 60.0 cm³/mol. The molecule has 0 aromatic heterocycles. The minimum atomic E-state index is -1.02. The van der Waals surface area contributed by atoms with E-state index in [0.717, 1.165) is 0 Å². The number of carbonyl (C=O) groups is 1. The van der Waals surface area contributed by atoms with E-state index in [1.54, 1.807) is 0 Å². The van der Waals surface area contributed by atoms with Gasteiger partial charge in [0.15, 0.2) is 0 Å². The van der Waals surface area contributed by atoms with Crippen LogP contribution >= 0.6 is 11.8 Å². The van der Waals surface area contributed by atoms with E-state index in [-0.39, 0.29) is 12.7 Å². The molecule has 15 heavy (non-hydrogen) atoms. The van der Waals surface area contributed by atoms with E-state index in [2.05, 4.69) is 0 Å². The molecule has 0 aliphatic carbocycles. The van der Waals surface area contributed by atoms with Crippen molar-refractivity contribution in [2.45, 2.75) is 32.1 Å². The van der Waals surface area contributed by atoms with E-state index in [9.17, 15) is 9.90 Å². The van der Waals surface area contributed by atoms with Gasteiger partial charge in [0.05, 0.1) is 18.8 Å². The van der Waals surface area contributed by atoms with E-state index < -0.39 is 18.1 Å². The SMILES string of the molecule is CC(C)OCC(O)CSC[C@H](N)C(=O)O. The van der Waals surface area contributed by atoms with E-state index in [0.29, 0.717) is 11.5 Å². The van der Waals surface area contributed by atoms with Crippen molar-refractivity contribution in [1.29, 1.82) is 0 Å². The average molecular weight is 237 g/mol. The molecule has 0 bridgehead atoms. The Morgan fingerprint density at radius 1 is 1.47 bits per heavy atom. The van der Waals surface area contributed by atoms with Crippen LogP contribution in [-0.2, 0) is 9.53 Å². The lowest BCUT2D eigenvalue weighted by molar-refractivity contribution is -0.137. The van der Waals surface area contributed by atoms with Crippen molar-refractivity contribution >= 4 is 17.7 Å². The van der Waals surface area contributed by atoms with Crippen LogP contribution in [0.4, 0.5) is 0 Å². The van der Waals surface area contributed by atoms with E-state index >= 15 is 0 Å². The Balaban J connectivity index is 3.46. The molecular weight excluding hydrogens is 218 g/mol. The van der Waals surface area contributed by atoms with Gasteiger partial charge in [0.1, 0.15) is 6.04 Å². The van der Waals surface area contributed by atoms with Crippen LogP contribution in [-0.4, -0.2) is 52.5 Å². The topological polar surface area (TPSA) is 92.8 Å². The molecule has 0 aliphatic heterocycles. The molecule has 90 valence electrons. The summed E-state index contributed by atoms with van der Waals surface area (Å²) in [6.45, 7) is 4.05. The molecule has 0 radical (unpaired) electrons. The Bertz CT molecular complexity index is 189. The van der Waals surface area contributed by atoms with Crippen LogP contribution < -0.4 is 5.73 Å². The van der Waals surface area contributed by atoms with E-state index in [4.69, 9.17) is 15.6 Å². The quantitative estimate of drug-likeness (QED) is 0.546. The lowest BCUT2D eigenvalue weighted by Crippen LogP contribution is -2.33. The van der Waals surface area contributed by atoms with Gasteiger partial charge in [-0.05, 0) is 13.8 Å². The van der Waals surface area contributed by atoms with Crippen molar-refractivity contribution < 1.29 is 19.7 Å². The average Bonchev–Trinajstić information content (AvgIpc) is 2.14. The maximum atomic E-state index is 10.4. The number of carboxylic acid groups (broad SMARTS) is 1. The standard InChI is InChI=1S/C9H19NO4S/c1-6(2)14-3-7(11)4-15-5-8(10)9(12)13/h6-8,11H,3-5,10H2,1-2H3,(H,12,13)/t7?,8-/m0/s1. The number of rotatable bonds is 8. The van der Waals surface area contributed by atoms with Gasteiger partial charge >= 0.3 is 5.97 Å². The third-order valence-electron chi connectivity index (χ3n) is 1.55. The summed E-state index contributed by atoms with van der Waals surface area (Å²) in [5.41, 5.74) is 5.29. The van der Waals surface area contributed by atoms with Crippen molar-refractivity contribution in [3.63, 3.8) is 0 Å². The van der Waals surface area contributed by atoms with Crippen molar-refractivity contribution in [3.05, 3.63) is 0 Å². The molecule has 0 fully saturated rings. The van der Waals surface area contributed by atoms with Crippen LogP contribution in [0.1, 0.15) is 13.8 Å². The molecule has 4 N–H and O–H groups in total. The third kappa shape index (κ3) is 8.68. The van der Waals surface area contributed by atoms with Gasteiger partial charge in [-0.25, -0.2) is 0 Å². The maximum Gasteiger partial charge on any atom is 0.321 e. The van der Waals surface area contributed by atoms with Crippen molar-refractivity contribution in [3.8, 4) is 0 Å². The molecule has 6 heteroatoms. The Kier molecular flexibility index (Phi) is 7.76. The van der Waals surface area contributed by atoms with Crippen molar-refractivity contribution in [1.82, 2.24) is 0 Å². The second-order valence-electron chi connectivity index (χ2n) is 3.52. The van der Waals surface area contributed by atoms with Crippen LogP contribution in [0.2, 0.25) is 0 Å². The fraction of sp³-hybridized carbons (Fsp3) is 0.889. The predicted octanol–water partition coefficient (Wildman–Crippen LogP) is -0.0826. The fourth-order valence-electron chi connectivity index (χ4n) is 0.754. The zero-order valence-corrected chi connectivity index (χ0v) is 9.87. The number of aliphatic carboxylic acids is 1.